The molecule has 9 heteroatoms. The van der Waals surface area contributed by atoms with E-state index in [1.165, 1.54) is 30.3 Å². The lowest BCUT2D eigenvalue weighted by Crippen LogP contribution is -2.41. The third-order valence-corrected chi connectivity index (χ3v) is 6.77. The van der Waals surface area contributed by atoms with Crippen molar-refractivity contribution >= 4 is 17.7 Å². The third kappa shape index (κ3) is 5.88. The summed E-state index contributed by atoms with van der Waals surface area (Å²) < 4.78 is 29.8. The Morgan fingerprint density at radius 1 is 1.09 bits per heavy atom. The van der Waals surface area contributed by atoms with Crippen molar-refractivity contribution in [2.24, 2.45) is 0 Å². The lowest BCUT2D eigenvalue weighted by Gasteiger charge is -2.34. The van der Waals surface area contributed by atoms with Gasteiger partial charge in [0.15, 0.2) is 0 Å². The lowest BCUT2D eigenvalue weighted by atomic mass is 9.94. The first-order valence-corrected chi connectivity index (χ1v) is 12.3. The predicted octanol–water partition coefficient (Wildman–Crippen LogP) is 5.35. The number of carbonyl (C=O) groups is 1. The minimum atomic E-state index is -0.282. The second kappa shape index (κ2) is 11.4. The van der Waals surface area contributed by atoms with Crippen molar-refractivity contribution in [2.75, 3.05) is 20.0 Å². The zero-order valence-electron chi connectivity index (χ0n) is 19.3. The molecule has 0 atom stereocenters. The van der Waals surface area contributed by atoms with Crippen LogP contribution >= 0.6 is 11.8 Å². The molecule has 0 N–H and O–H groups in total. The normalized spacial score (nSPS) is 14.1. The summed E-state index contributed by atoms with van der Waals surface area (Å²) in [5.74, 6) is 1.42. The minimum Gasteiger partial charge on any atom is -0.497 e. The van der Waals surface area contributed by atoms with E-state index >= 15 is 0 Å². The van der Waals surface area contributed by atoms with E-state index in [9.17, 15) is 9.18 Å². The van der Waals surface area contributed by atoms with Crippen LogP contribution in [0, 0.1) is 5.82 Å². The van der Waals surface area contributed by atoms with Crippen LogP contribution in [0.2, 0.25) is 0 Å². The van der Waals surface area contributed by atoms with Crippen LogP contribution in [0.4, 0.5) is 4.39 Å². The van der Waals surface area contributed by atoms with E-state index < -0.39 is 0 Å². The van der Waals surface area contributed by atoms with Gasteiger partial charge in [0.05, 0.1) is 25.5 Å². The van der Waals surface area contributed by atoms with Crippen LogP contribution < -0.4 is 9.47 Å². The molecule has 1 aliphatic rings. The molecule has 0 bridgehead atoms. The number of aromatic nitrogens is 2. The standard InChI is InChI=1S/C25H28FN3O4S/c1-31-20-12-13-21(22(14-20)32-2)24-27-28-25(33-24)34-16-23(30)29(19-6-4-3-5-7-19)15-17-8-10-18(26)11-9-17/h8-14,19H,3-7,15-16H2,1-2H3. The second-order valence-corrected chi connectivity index (χ2v) is 9.09. The molecule has 2 aromatic carbocycles. The zero-order valence-corrected chi connectivity index (χ0v) is 20.1. The quantitative estimate of drug-likeness (QED) is 0.378. The minimum absolute atomic E-state index is 0.00278. The molecule has 1 heterocycles. The van der Waals surface area contributed by atoms with Crippen LogP contribution in [-0.4, -0.2) is 47.0 Å². The van der Waals surface area contributed by atoms with Crippen molar-refractivity contribution in [3.05, 3.63) is 53.8 Å². The fourth-order valence-electron chi connectivity index (χ4n) is 4.16. The van der Waals surface area contributed by atoms with Crippen molar-refractivity contribution in [1.29, 1.82) is 0 Å². The zero-order chi connectivity index (χ0) is 23.9. The van der Waals surface area contributed by atoms with Gasteiger partial charge < -0.3 is 18.8 Å². The van der Waals surface area contributed by atoms with Crippen LogP contribution in [-0.2, 0) is 11.3 Å². The Morgan fingerprint density at radius 3 is 2.56 bits per heavy atom. The average molecular weight is 486 g/mol. The van der Waals surface area contributed by atoms with Crippen molar-refractivity contribution in [3.8, 4) is 23.0 Å². The number of ether oxygens (including phenoxy) is 2. The summed E-state index contributed by atoms with van der Waals surface area (Å²) >= 11 is 1.21. The van der Waals surface area contributed by atoms with Crippen LogP contribution in [0.1, 0.15) is 37.7 Å². The third-order valence-electron chi connectivity index (χ3n) is 5.97. The monoisotopic (exact) mass is 485 g/mol. The first-order valence-electron chi connectivity index (χ1n) is 11.3. The Kier molecular flexibility index (Phi) is 8.05. The van der Waals surface area contributed by atoms with Gasteiger partial charge in [-0.25, -0.2) is 4.39 Å². The van der Waals surface area contributed by atoms with E-state index in [4.69, 9.17) is 13.9 Å². The average Bonchev–Trinajstić information content (AvgIpc) is 3.36. The van der Waals surface area contributed by atoms with Gasteiger partial charge in [-0.1, -0.05) is 43.2 Å². The molecular weight excluding hydrogens is 457 g/mol. The number of halogens is 1. The van der Waals surface area contributed by atoms with Crippen molar-refractivity contribution < 1.29 is 23.1 Å². The largest absolute Gasteiger partial charge is 0.497 e. The van der Waals surface area contributed by atoms with E-state index in [1.54, 1.807) is 44.6 Å². The van der Waals surface area contributed by atoms with Gasteiger partial charge in [-0.15, -0.1) is 10.2 Å². The van der Waals surface area contributed by atoms with Gasteiger partial charge in [0.2, 0.25) is 5.91 Å². The van der Waals surface area contributed by atoms with Gasteiger partial charge in [-0.3, -0.25) is 4.79 Å². The molecule has 0 spiro atoms. The highest BCUT2D eigenvalue weighted by Crippen LogP contribution is 2.34. The summed E-state index contributed by atoms with van der Waals surface area (Å²) in [5, 5.41) is 8.53. The van der Waals surface area contributed by atoms with Crippen LogP contribution in [0.25, 0.3) is 11.5 Å². The number of carbonyl (C=O) groups excluding carboxylic acids is 1. The number of amides is 1. The SMILES string of the molecule is COc1ccc(-c2nnc(SCC(=O)N(Cc3ccc(F)cc3)C3CCCCC3)o2)c(OC)c1. The molecular formula is C25H28FN3O4S. The Morgan fingerprint density at radius 2 is 1.85 bits per heavy atom. The molecule has 1 amide bonds. The van der Waals surface area contributed by atoms with Crippen molar-refractivity contribution in [3.63, 3.8) is 0 Å². The van der Waals surface area contributed by atoms with Gasteiger partial charge >= 0.3 is 0 Å². The summed E-state index contributed by atoms with van der Waals surface area (Å²) in [6, 6.07) is 11.8. The molecule has 7 nitrogen and oxygen atoms in total. The molecule has 4 rings (SSSR count). The molecule has 0 radical (unpaired) electrons. The molecule has 0 aliphatic heterocycles. The molecule has 1 fully saturated rings. The summed E-state index contributed by atoms with van der Waals surface area (Å²) in [7, 11) is 3.14. The van der Waals surface area contributed by atoms with E-state index in [0.717, 1.165) is 31.2 Å². The van der Waals surface area contributed by atoms with Crippen LogP contribution in [0.15, 0.2) is 52.1 Å². The van der Waals surface area contributed by atoms with Gasteiger partial charge in [-0.2, -0.15) is 0 Å². The molecule has 1 saturated carbocycles. The van der Waals surface area contributed by atoms with Gasteiger partial charge in [-0.05, 0) is 42.7 Å². The van der Waals surface area contributed by atoms with Crippen LogP contribution in [0.5, 0.6) is 11.5 Å². The number of benzene rings is 2. The summed E-state index contributed by atoms with van der Waals surface area (Å²) in [6.45, 7) is 0.461. The Bertz CT molecular complexity index is 1100. The molecule has 3 aromatic rings. The maximum Gasteiger partial charge on any atom is 0.277 e. The predicted molar refractivity (Wildman–Crippen MR) is 127 cm³/mol. The fraction of sp³-hybridized carbons (Fsp3) is 0.400. The summed E-state index contributed by atoms with van der Waals surface area (Å²) in [6.07, 6.45) is 5.39. The Balaban J connectivity index is 1.44. The Hall–Kier alpha value is -3.07. The molecule has 180 valence electrons. The van der Waals surface area contributed by atoms with Crippen molar-refractivity contribution in [2.45, 2.75) is 49.9 Å². The Labute approximate surface area is 202 Å². The smallest absolute Gasteiger partial charge is 0.277 e. The number of hydrogen-bond donors (Lipinski definition) is 0. The first-order chi connectivity index (χ1) is 16.6. The highest BCUT2D eigenvalue weighted by Gasteiger charge is 2.26. The molecule has 1 aliphatic carbocycles. The molecule has 1 aromatic heterocycles. The van der Waals surface area contributed by atoms with Gasteiger partial charge in [0.1, 0.15) is 17.3 Å². The molecule has 34 heavy (non-hydrogen) atoms. The molecule has 0 saturated heterocycles. The fourth-order valence-corrected chi connectivity index (χ4v) is 4.81. The number of hydrogen-bond acceptors (Lipinski definition) is 7. The molecule has 0 unspecified atom stereocenters. The number of rotatable bonds is 9. The first kappa shape index (κ1) is 24.1. The lowest BCUT2D eigenvalue weighted by molar-refractivity contribution is -0.132. The van der Waals surface area contributed by atoms with E-state index in [2.05, 4.69) is 10.2 Å². The highest BCUT2D eigenvalue weighted by molar-refractivity contribution is 7.99. The van der Waals surface area contributed by atoms with E-state index in [0.29, 0.717) is 34.7 Å². The van der Waals surface area contributed by atoms with Gasteiger partial charge in [0.25, 0.3) is 11.1 Å². The number of nitrogens with zero attached hydrogens (tertiary/aromatic N) is 3. The van der Waals surface area contributed by atoms with E-state index in [1.807, 2.05) is 4.90 Å². The maximum atomic E-state index is 13.3. The van der Waals surface area contributed by atoms with Crippen LogP contribution in [0.3, 0.4) is 0 Å². The van der Waals surface area contributed by atoms with Crippen molar-refractivity contribution in [1.82, 2.24) is 15.1 Å². The summed E-state index contributed by atoms with van der Waals surface area (Å²) in [5.41, 5.74) is 1.56. The highest BCUT2D eigenvalue weighted by atomic mass is 32.2. The topological polar surface area (TPSA) is 77.7 Å². The maximum absolute atomic E-state index is 13.3. The summed E-state index contributed by atoms with van der Waals surface area (Å²) in [4.78, 5) is 15.2. The van der Waals surface area contributed by atoms with E-state index in [-0.39, 0.29) is 23.5 Å². The number of methoxy groups -OCH3 is 2. The van der Waals surface area contributed by atoms with Gasteiger partial charge in [0, 0.05) is 18.7 Å². The number of thioether (sulfide) groups is 1. The second-order valence-electron chi connectivity index (χ2n) is 8.17.